The van der Waals surface area contributed by atoms with E-state index < -0.39 is 0 Å². The molecule has 0 atom stereocenters. The van der Waals surface area contributed by atoms with Crippen LogP contribution in [0.2, 0.25) is 0 Å². The minimum atomic E-state index is -0.0206. The summed E-state index contributed by atoms with van der Waals surface area (Å²) in [4.78, 5) is 27.8. The quantitative estimate of drug-likeness (QED) is 0.619. The molecule has 2 amide bonds. The number of ether oxygens (including phenoxy) is 1. The number of hydrogen-bond donors (Lipinski definition) is 3. The van der Waals surface area contributed by atoms with Crippen LogP contribution in [0.15, 0.2) is 48.5 Å². The van der Waals surface area contributed by atoms with Crippen LogP contribution in [0, 0.1) is 0 Å². The molecule has 1 aliphatic rings. The summed E-state index contributed by atoms with van der Waals surface area (Å²) in [6, 6.07) is 15.3. The normalized spacial score (nSPS) is 14.3. The largest absolute Gasteiger partial charge is 0.495 e. The summed E-state index contributed by atoms with van der Waals surface area (Å²) in [5.41, 5.74) is 2.50. The first-order valence-electron chi connectivity index (χ1n) is 10.5. The van der Waals surface area contributed by atoms with Crippen molar-refractivity contribution in [2.75, 3.05) is 55.4 Å². The number of piperazine rings is 1. The second kappa shape index (κ2) is 10.6. The zero-order valence-electron chi connectivity index (χ0n) is 17.7. The molecule has 160 valence electrons. The van der Waals surface area contributed by atoms with Crippen LogP contribution in [0.1, 0.15) is 19.8 Å². The highest BCUT2D eigenvalue weighted by Crippen LogP contribution is 2.27. The van der Waals surface area contributed by atoms with E-state index in [-0.39, 0.29) is 11.8 Å². The Kier molecular flexibility index (Phi) is 7.68. The van der Waals surface area contributed by atoms with Gasteiger partial charge in [-0.1, -0.05) is 25.1 Å². The number of quaternary nitrogens is 1. The molecule has 0 radical (unpaired) electrons. The topological polar surface area (TPSA) is 75.1 Å². The maximum Gasteiger partial charge on any atom is 0.279 e. The van der Waals surface area contributed by atoms with Crippen molar-refractivity contribution < 1.29 is 19.2 Å². The van der Waals surface area contributed by atoms with Gasteiger partial charge in [-0.25, -0.2) is 0 Å². The number of rotatable bonds is 8. The van der Waals surface area contributed by atoms with Crippen LogP contribution in [0.25, 0.3) is 0 Å². The van der Waals surface area contributed by atoms with Crippen LogP contribution in [0.4, 0.5) is 17.1 Å². The third-order valence-corrected chi connectivity index (χ3v) is 5.21. The fourth-order valence-corrected chi connectivity index (χ4v) is 3.69. The molecular weight excluding hydrogens is 380 g/mol. The molecular formula is C23H31N4O3+. The zero-order valence-corrected chi connectivity index (χ0v) is 17.7. The van der Waals surface area contributed by atoms with E-state index in [1.165, 1.54) is 4.90 Å². The van der Waals surface area contributed by atoms with E-state index in [1.807, 2.05) is 43.3 Å². The van der Waals surface area contributed by atoms with Crippen molar-refractivity contribution in [2.24, 2.45) is 0 Å². The van der Waals surface area contributed by atoms with Gasteiger partial charge in [-0.05, 0) is 36.8 Å². The highest BCUT2D eigenvalue weighted by molar-refractivity contribution is 5.94. The second-order valence-electron chi connectivity index (χ2n) is 7.51. The fraction of sp³-hybridized carbons (Fsp3) is 0.391. The summed E-state index contributed by atoms with van der Waals surface area (Å²) in [5.74, 6) is 0.843. The maximum absolute atomic E-state index is 12.5. The van der Waals surface area contributed by atoms with E-state index in [0.717, 1.165) is 44.0 Å². The van der Waals surface area contributed by atoms with Crippen LogP contribution >= 0.6 is 0 Å². The molecule has 1 fully saturated rings. The summed E-state index contributed by atoms with van der Waals surface area (Å²) >= 11 is 0. The summed E-state index contributed by atoms with van der Waals surface area (Å²) in [5, 5.41) is 5.81. The minimum Gasteiger partial charge on any atom is -0.495 e. The lowest BCUT2D eigenvalue weighted by atomic mass is 10.2. The van der Waals surface area contributed by atoms with E-state index in [9.17, 15) is 9.59 Å². The van der Waals surface area contributed by atoms with E-state index in [4.69, 9.17) is 4.74 Å². The number of nitrogens with zero attached hydrogens (tertiary/aromatic N) is 1. The van der Waals surface area contributed by atoms with Gasteiger partial charge in [-0.15, -0.1) is 0 Å². The number of anilines is 3. The third kappa shape index (κ3) is 5.97. The first-order valence-corrected chi connectivity index (χ1v) is 10.5. The number of carbonyl (C=O) groups is 2. The van der Waals surface area contributed by atoms with Gasteiger partial charge in [0.05, 0.1) is 39.0 Å². The molecule has 3 rings (SSSR count). The standard InChI is InChI=1S/C23H30N4O3/c1-3-7-22(28)24-18-8-6-9-19(16-18)25-23(29)17-26-12-14-27(15-13-26)20-10-4-5-11-21(20)30-2/h4-6,8-11,16H,3,7,12-15,17H2,1-2H3,(H,24,28)(H,25,29)/p+1. The van der Waals surface area contributed by atoms with E-state index >= 15 is 0 Å². The number of amides is 2. The van der Waals surface area contributed by atoms with Crippen molar-refractivity contribution in [3.05, 3.63) is 48.5 Å². The van der Waals surface area contributed by atoms with Gasteiger partial charge in [-0.2, -0.15) is 0 Å². The van der Waals surface area contributed by atoms with Gasteiger partial charge in [0.25, 0.3) is 5.91 Å². The fourth-order valence-electron chi connectivity index (χ4n) is 3.69. The zero-order chi connectivity index (χ0) is 21.3. The van der Waals surface area contributed by atoms with E-state index in [0.29, 0.717) is 24.3 Å². The second-order valence-corrected chi connectivity index (χ2v) is 7.51. The third-order valence-electron chi connectivity index (χ3n) is 5.21. The van der Waals surface area contributed by atoms with Crippen LogP contribution < -0.4 is 25.2 Å². The molecule has 30 heavy (non-hydrogen) atoms. The molecule has 1 heterocycles. The van der Waals surface area contributed by atoms with Crippen molar-refractivity contribution in [1.82, 2.24) is 0 Å². The van der Waals surface area contributed by atoms with Crippen LogP contribution in [-0.2, 0) is 9.59 Å². The van der Waals surface area contributed by atoms with Gasteiger partial charge in [0.2, 0.25) is 5.91 Å². The monoisotopic (exact) mass is 411 g/mol. The molecule has 0 spiro atoms. The highest BCUT2D eigenvalue weighted by Gasteiger charge is 2.24. The molecule has 0 unspecified atom stereocenters. The van der Waals surface area contributed by atoms with Crippen molar-refractivity contribution in [1.29, 1.82) is 0 Å². The van der Waals surface area contributed by atoms with E-state index in [2.05, 4.69) is 21.6 Å². The van der Waals surface area contributed by atoms with Gasteiger partial charge in [0.15, 0.2) is 6.54 Å². The van der Waals surface area contributed by atoms with Crippen LogP contribution in [0.3, 0.4) is 0 Å². The predicted octanol–water partition coefficient (Wildman–Crippen LogP) is 1.78. The Labute approximate surface area is 178 Å². The van der Waals surface area contributed by atoms with Crippen molar-refractivity contribution in [3.8, 4) is 5.75 Å². The average Bonchev–Trinajstić information content (AvgIpc) is 2.74. The van der Waals surface area contributed by atoms with Crippen LogP contribution in [0.5, 0.6) is 5.75 Å². The molecule has 1 aliphatic heterocycles. The summed E-state index contributed by atoms with van der Waals surface area (Å²) in [6.45, 7) is 5.92. The first-order chi connectivity index (χ1) is 14.6. The molecule has 0 saturated carbocycles. The van der Waals surface area contributed by atoms with Gasteiger partial charge in [0, 0.05) is 17.8 Å². The Morgan fingerprint density at radius 1 is 1.00 bits per heavy atom. The molecule has 7 nitrogen and oxygen atoms in total. The average molecular weight is 412 g/mol. The van der Waals surface area contributed by atoms with Crippen LogP contribution in [-0.4, -0.2) is 51.6 Å². The number of nitrogens with one attached hydrogen (secondary N) is 3. The SMILES string of the molecule is CCCC(=O)Nc1cccc(NC(=O)C[NH+]2CCN(c3ccccc3OC)CC2)c1. The van der Waals surface area contributed by atoms with Gasteiger partial charge >= 0.3 is 0 Å². The molecule has 3 N–H and O–H groups in total. The lowest BCUT2D eigenvalue weighted by molar-refractivity contribution is -0.892. The number of methoxy groups -OCH3 is 1. The first kappa shape index (κ1) is 21.6. The summed E-state index contributed by atoms with van der Waals surface area (Å²) in [6.07, 6.45) is 1.29. The molecule has 2 aromatic rings. The molecule has 0 bridgehead atoms. The predicted molar refractivity (Wildman–Crippen MR) is 119 cm³/mol. The van der Waals surface area contributed by atoms with Crippen molar-refractivity contribution in [3.63, 3.8) is 0 Å². The molecule has 1 saturated heterocycles. The van der Waals surface area contributed by atoms with Gasteiger partial charge in [0.1, 0.15) is 5.75 Å². The van der Waals surface area contributed by atoms with Crippen molar-refractivity contribution in [2.45, 2.75) is 19.8 Å². The number of hydrogen-bond acceptors (Lipinski definition) is 4. The summed E-state index contributed by atoms with van der Waals surface area (Å²) < 4.78 is 5.46. The highest BCUT2D eigenvalue weighted by atomic mass is 16.5. The molecule has 7 heteroatoms. The van der Waals surface area contributed by atoms with Gasteiger partial charge < -0.3 is 25.2 Å². The lowest BCUT2D eigenvalue weighted by Gasteiger charge is -2.34. The Morgan fingerprint density at radius 2 is 1.67 bits per heavy atom. The van der Waals surface area contributed by atoms with Crippen molar-refractivity contribution >= 4 is 28.9 Å². The Morgan fingerprint density at radius 3 is 2.33 bits per heavy atom. The van der Waals surface area contributed by atoms with Gasteiger partial charge in [-0.3, -0.25) is 9.59 Å². The number of carbonyl (C=O) groups excluding carboxylic acids is 2. The molecule has 2 aromatic carbocycles. The number of benzene rings is 2. The number of para-hydroxylation sites is 2. The molecule has 0 aromatic heterocycles. The Balaban J connectivity index is 1.49. The van der Waals surface area contributed by atoms with E-state index in [1.54, 1.807) is 13.2 Å². The minimum absolute atomic E-state index is 0.0154. The smallest absolute Gasteiger partial charge is 0.279 e. The Bertz CT molecular complexity index is 863. The Hall–Kier alpha value is -3.06. The summed E-state index contributed by atoms with van der Waals surface area (Å²) in [7, 11) is 1.69. The lowest BCUT2D eigenvalue weighted by Crippen LogP contribution is -3.15. The maximum atomic E-state index is 12.5. The molecule has 0 aliphatic carbocycles.